The highest BCUT2D eigenvalue weighted by atomic mass is 35.5. The summed E-state index contributed by atoms with van der Waals surface area (Å²) in [6.45, 7) is 6.19. The lowest BCUT2D eigenvalue weighted by Crippen LogP contribution is -2.19. The number of carbonyl (C=O) groups excluding carboxylic acids is 1. The predicted octanol–water partition coefficient (Wildman–Crippen LogP) is 4.69. The van der Waals surface area contributed by atoms with Crippen molar-refractivity contribution in [2.24, 2.45) is 5.10 Å². The van der Waals surface area contributed by atoms with Crippen molar-refractivity contribution >= 4 is 23.7 Å². The summed E-state index contributed by atoms with van der Waals surface area (Å²) in [4.78, 5) is 12.1. The van der Waals surface area contributed by atoms with Crippen LogP contribution in [0.15, 0.2) is 35.4 Å². The number of amides is 1. The van der Waals surface area contributed by atoms with E-state index in [1.807, 2.05) is 20.8 Å². The molecule has 6 nitrogen and oxygen atoms in total. The molecule has 1 N–H and O–H groups in total. The standard InChI is InChI=1S/C21H21ClFN3O3/c1-4-13(3)29-20-17(22)8-15(10-19(20)28-5-2)12-25-26-21(27)16-7-6-14(11-24)9-18(16)23/h6-10,12-13H,4-5H2,1-3H3,(H,26,27)/b25-12-/t13-/m0/s1. The first kappa shape index (κ1) is 22.2. The molecular formula is C21H21ClFN3O3. The van der Waals surface area contributed by atoms with E-state index >= 15 is 0 Å². The molecule has 0 unspecified atom stereocenters. The van der Waals surface area contributed by atoms with Crippen LogP contribution in [0, 0.1) is 17.1 Å². The van der Waals surface area contributed by atoms with Crippen molar-refractivity contribution in [1.82, 2.24) is 5.43 Å². The van der Waals surface area contributed by atoms with Crippen molar-refractivity contribution in [2.75, 3.05) is 6.61 Å². The van der Waals surface area contributed by atoms with Gasteiger partial charge in [-0.25, -0.2) is 9.82 Å². The molecular weight excluding hydrogens is 397 g/mol. The van der Waals surface area contributed by atoms with Crippen molar-refractivity contribution in [3.05, 3.63) is 57.9 Å². The van der Waals surface area contributed by atoms with Gasteiger partial charge < -0.3 is 9.47 Å². The highest BCUT2D eigenvalue weighted by Gasteiger charge is 2.15. The molecule has 1 amide bonds. The average molecular weight is 418 g/mol. The minimum absolute atomic E-state index is 0.0344. The third-order valence-corrected chi connectivity index (χ3v) is 4.23. The summed E-state index contributed by atoms with van der Waals surface area (Å²) >= 11 is 6.33. The highest BCUT2D eigenvalue weighted by molar-refractivity contribution is 6.32. The number of rotatable bonds is 8. The number of carbonyl (C=O) groups is 1. The molecule has 0 bridgehead atoms. The molecule has 1 atom stereocenters. The van der Waals surface area contributed by atoms with Gasteiger partial charge in [-0.2, -0.15) is 10.4 Å². The number of hydrogen-bond acceptors (Lipinski definition) is 5. The number of ether oxygens (including phenoxy) is 2. The van der Waals surface area contributed by atoms with Crippen LogP contribution in [0.4, 0.5) is 4.39 Å². The molecule has 2 aromatic carbocycles. The zero-order chi connectivity index (χ0) is 21.4. The van der Waals surface area contributed by atoms with Crippen LogP contribution < -0.4 is 14.9 Å². The van der Waals surface area contributed by atoms with E-state index in [0.29, 0.717) is 28.7 Å². The van der Waals surface area contributed by atoms with Crippen LogP contribution in [-0.4, -0.2) is 24.8 Å². The van der Waals surface area contributed by atoms with Gasteiger partial charge in [0, 0.05) is 0 Å². The Labute approximate surface area is 173 Å². The summed E-state index contributed by atoms with van der Waals surface area (Å²) < 4.78 is 25.3. The molecule has 2 rings (SSSR count). The lowest BCUT2D eigenvalue weighted by atomic mass is 10.1. The number of halogens is 2. The summed E-state index contributed by atoms with van der Waals surface area (Å²) in [6, 6.07) is 8.68. The van der Waals surface area contributed by atoms with E-state index in [-0.39, 0.29) is 17.2 Å². The van der Waals surface area contributed by atoms with Gasteiger partial charge in [-0.05, 0) is 56.2 Å². The fourth-order valence-corrected chi connectivity index (χ4v) is 2.58. The fraction of sp³-hybridized carbons (Fsp3) is 0.286. The van der Waals surface area contributed by atoms with Crippen molar-refractivity contribution < 1.29 is 18.7 Å². The molecule has 0 aliphatic rings. The summed E-state index contributed by atoms with van der Waals surface area (Å²) in [5.74, 6) is -0.629. The van der Waals surface area contributed by atoms with Crippen LogP contribution >= 0.6 is 11.6 Å². The van der Waals surface area contributed by atoms with E-state index in [4.69, 9.17) is 26.3 Å². The summed E-state index contributed by atoms with van der Waals surface area (Å²) in [5, 5.41) is 12.9. The number of hydrazone groups is 1. The lowest BCUT2D eigenvalue weighted by Gasteiger charge is -2.18. The first-order valence-corrected chi connectivity index (χ1v) is 9.43. The molecule has 0 fully saturated rings. The Morgan fingerprint density at radius 1 is 1.38 bits per heavy atom. The van der Waals surface area contributed by atoms with E-state index in [9.17, 15) is 9.18 Å². The normalized spacial score (nSPS) is 11.7. The molecule has 2 aromatic rings. The number of nitrogens with one attached hydrogen (secondary N) is 1. The SMILES string of the molecule is CCOc1cc(/C=N\NC(=O)c2ccc(C#N)cc2F)cc(Cl)c1O[C@@H](C)CC. The van der Waals surface area contributed by atoms with Gasteiger partial charge in [0.15, 0.2) is 11.5 Å². The second-order valence-electron chi connectivity index (χ2n) is 6.11. The molecule has 0 radical (unpaired) electrons. The maximum Gasteiger partial charge on any atom is 0.274 e. The molecule has 0 saturated heterocycles. The van der Waals surface area contributed by atoms with Gasteiger partial charge in [-0.15, -0.1) is 0 Å². The lowest BCUT2D eigenvalue weighted by molar-refractivity contribution is 0.0951. The van der Waals surface area contributed by atoms with Gasteiger partial charge in [-0.3, -0.25) is 4.79 Å². The number of hydrogen-bond donors (Lipinski definition) is 1. The Morgan fingerprint density at radius 3 is 2.76 bits per heavy atom. The zero-order valence-electron chi connectivity index (χ0n) is 16.3. The van der Waals surface area contributed by atoms with Gasteiger partial charge in [0.25, 0.3) is 5.91 Å². The van der Waals surface area contributed by atoms with E-state index in [1.165, 1.54) is 18.3 Å². The molecule has 152 valence electrons. The van der Waals surface area contributed by atoms with E-state index < -0.39 is 11.7 Å². The Bertz CT molecular complexity index is 957. The van der Waals surface area contributed by atoms with Crippen molar-refractivity contribution in [1.29, 1.82) is 5.26 Å². The third-order valence-electron chi connectivity index (χ3n) is 3.95. The monoisotopic (exact) mass is 417 g/mol. The second kappa shape index (κ2) is 10.4. The Balaban J connectivity index is 2.17. The van der Waals surface area contributed by atoms with Crippen molar-refractivity contribution in [3.63, 3.8) is 0 Å². The number of nitrogens with zero attached hydrogens (tertiary/aromatic N) is 2. The molecule has 0 saturated carbocycles. The van der Waals surface area contributed by atoms with Gasteiger partial charge >= 0.3 is 0 Å². The molecule has 0 aliphatic carbocycles. The van der Waals surface area contributed by atoms with Crippen LogP contribution in [0.25, 0.3) is 0 Å². The zero-order valence-corrected chi connectivity index (χ0v) is 17.1. The third kappa shape index (κ3) is 5.93. The molecule has 29 heavy (non-hydrogen) atoms. The Morgan fingerprint density at radius 2 is 2.14 bits per heavy atom. The maximum atomic E-state index is 13.9. The van der Waals surface area contributed by atoms with E-state index in [0.717, 1.165) is 12.5 Å². The van der Waals surface area contributed by atoms with Crippen molar-refractivity contribution in [2.45, 2.75) is 33.3 Å². The van der Waals surface area contributed by atoms with Crippen LogP contribution in [0.5, 0.6) is 11.5 Å². The predicted molar refractivity (Wildman–Crippen MR) is 109 cm³/mol. The number of nitriles is 1. The first-order valence-electron chi connectivity index (χ1n) is 9.05. The minimum Gasteiger partial charge on any atom is -0.490 e. The summed E-state index contributed by atoms with van der Waals surface area (Å²) in [6.07, 6.45) is 2.14. The first-order chi connectivity index (χ1) is 13.9. The van der Waals surface area contributed by atoms with Gasteiger partial charge in [0.1, 0.15) is 5.82 Å². The summed E-state index contributed by atoms with van der Waals surface area (Å²) in [5.41, 5.74) is 2.72. The Kier molecular flexibility index (Phi) is 7.98. The molecule has 0 aliphatic heterocycles. The number of benzene rings is 2. The van der Waals surface area contributed by atoms with Crippen LogP contribution in [0.3, 0.4) is 0 Å². The van der Waals surface area contributed by atoms with Crippen LogP contribution in [-0.2, 0) is 0 Å². The van der Waals surface area contributed by atoms with Gasteiger partial charge in [0.2, 0.25) is 0 Å². The Hall–Kier alpha value is -3.11. The topological polar surface area (TPSA) is 83.7 Å². The molecule has 8 heteroatoms. The van der Waals surface area contributed by atoms with Crippen molar-refractivity contribution in [3.8, 4) is 17.6 Å². The highest BCUT2D eigenvalue weighted by Crippen LogP contribution is 2.37. The fourth-order valence-electron chi connectivity index (χ4n) is 2.32. The molecule has 0 aromatic heterocycles. The van der Waals surface area contributed by atoms with E-state index in [1.54, 1.807) is 18.2 Å². The average Bonchev–Trinajstić information content (AvgIpc) is 2.70. The van der Waals surface area contributed by atoms with Crippen LogP contribution in [0.2, 0.25) is 5.02 Å². The largest absolute Gasteiger partial charge is 0.490 e. The maximum absolute atomic E-state index is 13.9. The quantitative estimate of drug-likeness (QED) is 0.498. The van der Waals surface area contributed by atoms with Crippen LogP contribution in [0.1, 0.15) is 48.7 Å². The van der Waals surface area contributed by atoms with Gasteiger partial charge in [-0.1, -0.05) is 18.5 Å². The van der Waals surface area contributed by atoms with Gasteiger partial charge in [0.05, 0.1) is 41.1 Å². The minimum atomic E-state index is -0.801. The molecule has 0 heterocycles. The smallest absolute Gasteiger partial charge is 0.274 e. The summed E-state index contributed by atoms with van der Waals surface area (Å²) in [7, 11) is 0. The second-order valence-corrected chi connectivity index (χ2v) is 6.51. The van der Waals surface area contributed by atoms with E-state index in [2.05, 4.69) is 10.5 Å². The molecule has 0 spiro atoms.